The van der Waals surface area contributed by atoms with Crippen molar-refractivity contribution in [2.24, 2.45) is 0 Å². The van der Waals surface area contributed by atoms with Gasteiger partial charge in [-0.15, -0.1) is 0 Å². The predicted octanol–water partition coefficient (Wildman–Crippen LogP) is 4.39. The molecule has 0 saturated heterocycles. The summed E-state index contributed by atoms with van der Waals surface area (Å²) in [5.41, 5.74) is 2.33. The van der Waals surface area contributed by atoms with Gasteiger partial charge in [0.05, 0.1) is 0 Å². The Morgan fingerprint density at radius 2 is 1.59 bits per heavy atom. The minimum atomic E-state index is 0.889. The second-order valence-corrected chi connectivity index (χ2v) is 4.94. The van der Waals surface area contributed by atoms with Crippen molar-refractivity contribution < 1.29 is 4.74 Å². The second-order valence-electron chi connectivity index (χ2n) is 3.99. The lowest BCUT2D eigenvalue weighted by atomic mass is 10.1. The number of hydrogen-bond donors (Lipinski definition) is 0. The lowest BCUT2D eigenvalue weighted by Gasteiger charge is -2.20. The van der Waals surface area contributed by atoms with Gasteiger partial charge < -0.3 is 4.74 Å². The van der Waals surface area contributed by atoms with Crippen LogP contribution < -0.4 is 4.74 Å². The summed E-state index contributed by atoms with van der Waals surface area (Å²) >= 11 is 3.62. The third-order valence-electron chi connectivity index (χ3n) is 2.81. The Kier molecular flexibility index (Phi) is 2.73. The van der Waals surface area contributed by atoms with Gasteiger partial charge in [-0.05, 0) is 11.6 Å². The molecular weight excluding hydrogens is 276 g/mol. The minimum Gasteiger partial charge on any atom is -0.456 e. The zero-order chi connectivity index (χ0) is 11.7. The smallest absolute Gasteiger partial charge is 0.145 e. The van der Waals surface area contributed by atoms with E-state index in [1.54, 1.807) is 0 Å². The van der Waals surface area contributed by atoms with Gasteiger partial charge in [0.1, 0.15) is 11.5 Å². The van der Waals surface area contributed by atoms with Crippen LogP contribution >= 0.6 is 15.9 Å². The van der Waals surface area contributed by atoms with E-state index in [1.807, 2.05) is 36.4 Å². The van der Waals surface area contributed by atoms with Crippen molar-refractivity contribution >= 4 is 21.7 Å². The van der Waals surface area contributed by atoms with Crippen molar-refractivity contribution in [1.29, 1.82) is 0 Å². The SMILES string of the molecule is BrC1=C(c2ccccc2)Oc2ccccc2C1. The number of allylic oxidation sites excluding steroid dienone is 1. The molecule has 0 saturated carbocycles. The van der Waals surface area contributed by atoms with Crippen molar-refractivity contribution in [3.05, 3.63) is 70.2 Å². The van der Waals surface area contributed by atoms with Crippen LogP contribution in [0.2, 0.25) is 0 Å². The molecule has 1 nitrogen and oxygen atoms in total. The van der Waals surface area contributed by atoms with Crippen LogP contribution in [0, 0.1) is 0 Å². The molecule has 0 amide bonds. The van der Waals surface area contributed by atoms with E-state index in [-0.39, 0.29) is 0 Å². The third-order valence-corrected chi connectivity index (χ3v) is 3.45. The van der Waals surface area contributed by atoms with Gasteiger partial charge in [0, 0.05) is 16.5 Å². The molecule has 0 aliphatic carbocycles. The molecule has 0 atom stereocenters. The van der Waals surface area contributed by atoms with Crippen LogP contribution in [0.3, 0.4) is 0 Å². The maximum atomic E-state index is 5.96. The van der Waals surface area contributed by atoms with Gasteiger partial charge in [-0.2, -0.15) is 0 Å². The first-order valence-electron chi connectivity index (χ1n) is 5.54. The molecule has 0 unspecified atom stereocenters. The van der Waals surface area contributed by atoms with E-state index in [0.717, 1.165) is 28.0 Å². The first kappa shape index (κ1) is 10.6. The average molecular weight is 287 g/mol. The molecule has 0 radical (unpaired) electrons. The van der Waals surface area contributed by atoms with Crippen LogP contribution in [0.25, 0.3) is 5.76 Å². The van der Waals surface area contributed by atoms with Crippen molar-refractivity contribution in [2.75, 3.05) is 0 Å². The summed E-state index contributed by atoms with van der Waals surface area (Å²) in [5, 5.41) is 0. The van der Waals surface area contributed by atoms with Crippen LogP contribution in [0.5, 0.6) is 5.75 Å². The van der Waals surface area contributed by atoms with Crippen LogP contribution in [-0.2, 0) is 6.42 Å². The Balaban J connectivity index is 2.03. The summed E-state index contributed by atoms with van der Waals surface area (Å²) in [4.78, 5) is 0. The van der Waals surface area contributed by atoms with Crippen LogP contribution in [-0.4, -0.2) is 0 Å². The number of rotatable bonds is 1. The van der Waals surface area contributed by atoms with E-state index in [2.05, 4.69) is 34.1 Å². The number of benzene rings is 2. The fraction of sp³-hybridized carbons (Fsp3) is 0.0667. The van der Waals surface area contributed by atoms with Crippen molar-refractivity contribution in [2.45, 2.75) is 6.42 Å². The zero-order valence-corrected chi connectivity index (χ0v) is 10.8. The average Bonchev–Trinajstić information content (AvgIpc) is 2.39. The second kappa shape index (κ2) is 4.38. The van der Waals surface area contributed by atoms with Gasteiger partial charge in [0.15, 0.2) is 0 Å². The van der Waals surface area contributed by atoms with E-state index < -0.39 is 0 Å². The Morgan fingerprint density at radius 1 is 0.882 bits per heavy atom. The Hall–Kier alpha value is -1.54. The Morgan fingerprint density at radius 3 is 2.41 bits per heavy atom. The summed E-state index contributed by atoms with van der Waals surface area (Å²) in [5.74, 6) is 1.87. The van der Waals surface area contributed by atoms with E-state index in [9.17, 15) is 0 Å². The molecule has 1 heterocycles. The summed E-state index contributed by atoms with van der Waals surface area (Å²) in [6.45, 7) is 0. The standard InChI is InChI=1S/C15H11BrO/c16-13-10-12-8-4-5-9-14(12)17-15(13)11-6-2-1-3-7-11/h1-9H,10H2. The molecule has 2 heteroatoms. The number of hydrogen-bond acceptors (Lipinski definition) is 1. The first-order valence-corrected chi connectivity index (χ1v) is 6.34. The molecule has 2 aromatic carbocycles. The number of para-hydroxylation sites is 1. The number of fused-ring (bicyclic) bond motifs is 1. The third kappa shape index (κ3) is 2.01. The summed E-state index contributed by atoms with van der Waals surface area (Å²) in [6, 6.07) is 18.3. The molecule has 3 rings (SSSR count). The molecule has 17 heavy (non-hydrogen) atoms. The number of ether oxygens (including phenoxy) is 1. The lowest BCUT2D eigenvalue weighted by Crippen LogP contribution is -2.06. The molecule has 0 N–H and O–H groups in total. The predicted molar refractivity (Wildman–Crippen MR) is 73.1 cm³/mol. The largest absolute Gasteiger partial charge is 0.456 e. The monoisotopic (exact) mass is 286 g/mol. The van der Waals surface area contributed by atoms with Gasteiger partial charge in [0.25, 0.3) is 0 Å². The van der Waals surface area contributed by atoms with Gasteiger partial charge in [-0.25, -0.2) is 0 Å². The highest BCUT2D eigenvalue weighted by atomic mass is 79.9. The molecular formula is C15H11BrO. The van der Waals surface area contributed by atoms with Crippen molar-refractivity contribution in [3.63, 3.8) is 0 Å². The van der Waals surface area contributed by atoms with Gasteiger partial charge >= 0.3 is 0 Å². The van der Waals surface area contributed by atoms with Crippen LogP contribution in [0.1, 0.15) is 11.1 Å². The van der Waals surface area contributed by atoms with Gasteiger partial charge in [-0.3, -0.25) is 0 Å². The molecule has 1 aliphatic rings. The molecule has 0 spiro atoms. The summed E-state index contributed by atoms with van der Waals surface area (Å²) < 4.78 is 7.06. The Bertz CT molecular complexity index is 572. The topological polar surface area (TPSA) is 9.23 Å². The van der Waals surface area contributed by atoms with E-state index in [4.69, 9.17) is 4.74 Å². The van der Waals surface area contributed by atoms with E-state index >= 15 is 0 Å². The molecule has 0 bridgehead atoms. The normalized spacial score (nSPS) is 14.2. The van der Waals surface area contributed by atoms with Crippen molar-refractivity contribution in [1.82, 2.24) is 0 Å². The van der Waals surface area contributed by atoms with Crippen LogP contribution in [0.4, 0.5) is 0 Å². The van der Waals surface area contributed by atoms with Crippen molar-refractivity contribution in [3.8, 4) is 5.75 Å². The lowest BCUT2D eigenvalue weighted by molar-refractivity contribution is 0.497. The van der Waals surface area contributed by atoms with Crippen LogP contribution in [0.15, 0.2) is 59.1 Å². The number of halogens is 1. The highest BCUT2D eigenvalue weighted by molar-refractivity contribution is 9.11. The van der Waals surface area contributed by atoms with E-state index in [0.29, 0.717) is 0 Å². The molecule has 84 valence electrons. The summed E-state index contributed by atoms with van der Waals surface area (Å²) in [6.07, 6.45) is 0.889. The Labute approximate surface area is 109 Å². The zero-order valence-electron chi connectivity index (χ0n) is 9.19. The first-order chi connectivity index (χ1) is 8.34. The fourth-order valence-electron chi connectivity index (χ4n) is 1.97. The highest BCUT2D eigenvalue weighted by Gasteiger charge is 2.18. The maximum absolute atomic E-state index is 5.96. The quantitative estimate of drug-likeness (QED) is 0.756. The molecule has 2 aromatic rings. The van der Waals surface area contributed by atoms with Gasteiger partial charge in [0.2, 0.25) is 0 Å². The maximum Gasteiger partial charge on any atom is 0.145 e. The molecule has 0 aromatic heterocycles. The summed E-state index contributed by atoms with van der Waals surface area (Å²) in [7, 11) is 0. The van der Waals surface area contributed by atoms with E-state index in [1.165, 1.54) is 5.56 Å². The van der Waals surface area contributed by atoms with Gasteiger partial charge in [-0.1, -0.05) is 64.5 Å². The molecule has 0 fully saturated rings. The highest BCUT2D eigenvalue weighted by Crippen LogP contribution is 2.36. The minimum absolute atomic E-state index is 0.889. The molecule has 1 aliphatic heterocycles. The fourth-order valence-corrected chi connectivity index (χ4v) is 2.58.